The minimum Gasteiger partial charge on any atom is -0.379 e. The molecule has 0 bridgehead atoms. The third-order valence-corrected chi connectivity index (χ3v) is 5.92. The molecule has 1 saturated carbocycles. The summed E-state index contributed by atoms with van der Waals surface area (Å²) in [6.45, 7) is 2.60. The number of nitriles is 1. The van der Waals surface area contributed by atoms with Crippen LogP contribution >= 0.6 is 0 Å². The van der Waals surface area contributed by atoms with E-state index in [1.165, 1.54) is 19.8 Å². The van der Waals surface area contributed by atoms with E-state index in [1.807, 2.05) is 12.1 Å². The quantitative estimate of drug-likeness (QED) is 0.593. The lowest BCUT2D eigenvalue weighted by atomic mass is 9.85. The Morgan fingerprint density at radius 1 is 1.06 bits per heavy atom. The molecular formula is C24H28N8O. The van der Waals surface area contributed by atoms with E-state index >= 15 is 0 Å². The first kappa shape index (κ1) is 22.6. The molecule has 0 aromatic carbocycles. The maximum absolute atomic E-state index is 11.8. The highest BCUT2D eigenvalue weighted by Gasteiger charge is 2.23. The normalized spacial score (nSPS) is 18.2. The number of anilines is 2. The van der Waals surface area contributed by atoms with E-state index in [-0.39, 0.29) is 11.7 Å². The van der Waals surface area contributed by atoms with Gasteiger partial charge in [-0.3, -0.25) is 14.8 Å². The highest BCUT2D eigenvalue weighted by molar-refractivity contribution is 6.01. The number of nitrogens with zero attached hydrogens (tertiary/aromatic N) is 6. The summed E-state index contributed by atoms with van der Waals surface area (Å²) in [7, 11) is 4.24. The van der Waals surface area contributed by atoms with Gasteiger partial charge in [0.05, 0.1) is 23.1 Å². The van der Waals surface area contributed by atoms with Crippen LogP contribution in [0.15, 0.2) is 30.9 Å². The smallest absolute Gasteiger partial charge is 0.232 e. The summed E-state index contributed by atoms with van der Waals surface area (Å²) in [5.41, 5.74) is 4.40. The highest BCUT2D eigenvalue weighted by atomic mass is 16.1. The van der Waals surface area contributed by atoms with Crippen molar-refractivity contribution in [2.24, 2.45) is 5.92 Å². The second-order valence-corrected chi connectivity index (χ2v) is 8.85. The second kappa shape index (κ2) is 9.88. The van der Waals surface area contributed by atoms with Gasteiger partial charge in [-0.05, 0) is 51.8 Å². The number of fused-ring (bicyclic) bond motifs is 1. The number of carbonyl (C=O) groups excluding carboxylic acids is 1. The van der Waals surface area contributed by atoms with E-state index in [4.69, 9.17) is 5.26 Å². The van der Waals surface area contributed by atoms with Gasteiger partial charge in [0.2, 0.25) is 11.7 Å². The first-order valence-electron chi connectivity index (χ1n) is 11.1. The van der Waals surface area contributed by atoms with E-state index in [0.29, 0.717) is 22.8 Å². The number of hydrogen-bond acceptors (Lipinski definition) is 8. The summed E-state index contributed by atoms with van der Waals surface area (Å²) in [5.74, 6) is 0.690. The van der Waals surface area contributed by atoms with Gasteiger partial charge in [-0.25, -0.2) is 9.97 Å². The SMILES string of the molecule is CC(=O)Nc1cnc2cc(-c3cnc(C#N)nc3)cnc2c1NC1CCC(CN(C)C)CC1. The lowest BCUT2D eigenvalue weighted by molar-refractivity contribution is -0.114. The first-order chi connectivity index (χ1) is 15.9. The number of pyridine rings is 2. The molecule has 3 heterocycles. The van der Waals surface area contributed by atoms with Crippen LogP contribution in [-0.2, 0) is 4.79 Å². The van der Waals surface area contributed by atoms with Gasteiger partial charge in [0.15, 0.2) is 0 Å². The van der Waals surface area contributed by atoms with Crippen molar-refractivity contribution in [1.29, 1.82) is 5.26 Å². The van der Waals surface area contributed by atoms with E-state index < -0.39 is 0 Å². The molecule has 0 aliphatic heterocycles. The van der Waals surface area contributed by atoms with Crippen LogP contribution in [0.5, 0.6) is 0 Å². The number of nitrogens with one attached hydrogen (secondary N) is 2. The Labute approximate surface area is 193 Å². The lowest BCUT2D eigenvalue weighted by Crippen LogP contribution is -2.31. The average molecular weight is 445 g/mol. The van der Waals surface area contributed by atoms with Gasteiger partial charge >= 0.3 is 0 Å². The molecule has 1 amide bonds. The van der Waals surface area contributed by atoms with Crippen molar-refractivity contribution >= 4 is 28.3 Å². The maximum atomic E-state index is 11.8. The fourth-order valence-electron chi connectivity index (χ4n) is 4.40. The number of amides is 1. The van der Waals surface area contributed by atoms with E-state index in [1.54, 1.807) is 24.8 Å². The van der Waals surface area contributed by atoms with Gasteiger partial charge in [-0.1, -0.05) is 0 Å². The zero-order valence-corrected chi connectivity index (χ0v) is 19.2. The third kappa shape index (κ3) is 5.41. The molecular weight excluding hydrogens is 416 g/mol. The summed E-state index contributed by atoms with van der Waals surface area (Å²) in [6.07, 6.45) is 11.1. The van der Waals surface area contributed by atoms with Crippen LogP contribution in [0.4, 0.5) is 11.4 Å². The average Bonchev–Trinajstić information content (AvgIpc) is 2.81. The van der Waals surface area contributed by atoms with Crippen LogP contribution in [0.25, 0.3) is 22.2 Å². The Bertz CT molecular complexity index is 1180. The molecule has 0 spiro atoms. The van der Waals surface area contributed by atoms with E-state index in [2.05, 4.69) is 49.6 Å². The fourth-order valence-corrected chi connectivity index (χ4v) is 4.40. The monoisotopic (exact) mass is 444 g/mol. The summed E-state index contributed by atoms with van der Waals surface area (Å²) >= 11 is 0. The second-order valence-electron chi connectivity index (χ2n) is 8.85. The van der Waals surface area contributed by atoms with Crippen LogP contribution in [0.3, 0.4) is 0 Å². The molecule has 0 atom stereocenters. The van der Waals surface area contributed by atoms with Crippen LogP contribution in [0.2, 0.25) is 0 Å². The van der Waals surface area contributed by atoms with Crippen molar-refractivity contribution in [2.75, 3.05) is 31.3 Å². The Kier molecular flexibility index (Phi) is 6.75. The molecule has 0 unspecified atom stereocenters. The van der Waals surface area contributed by atoms with Crippen LogP contribution in [0, 0.1) is 17.2 Å². The Hall–Kier alpha value is -3.64. The highest BCUT2D eigenvalue weighted by Crippen LogP contribution is 2.34. The topological polar surface area (TPSA) is 120 Å². The molecule has 170 valence electrons. The molecule has 3 aromatic heterocycles. The zero-order chi connectivity index (χ0) is 23.4. The molecule has 1 aliphatic carbocycles. The molecule has 1 fully saturated rings. The van der Waals surface area contributed by atoms with Crippen molar-refractivity contribution in [3.63, 3.8) is 0 Å². The number of rotatable bonds is 6. The molecule has 33 heavy (non-hydrogen) atoms. The minimum absolute atomic E-state index is 0.123. The molecule has 9 nitrogen and oxygen atoms in total. The molecule has 4 rings (SSSR count). The van der Waals surface area contributed by atoms with Crippen LogP contribution < -0.4 is 10.6 Å². The summed E-state index contributed by atoms with van der Waals surface area (Å²) in [5, 5.41) is 15.5. The molecule has 3 aromatic rings. The Balaban J connectivity index is 1.62. The summed E-state index contributed by atoms with van der Waals surface area (Å²) in [6, 6.07) is 4.15. The van der Waals surface area contributed by atoms with Gasteiger partial charge in [0.25, 0.3) is 0 Å². The lowest BCUT2D eigenvalue weighted by Gasteiger charge is -2.31. The number of hydrogen-bond donors (Lipinski definition) is 2. The molecule has 1 aliphatic rings. The largest absolute Gasteiger partial charge is 0.379 e. The van der Waals surface area contributed by atoms with Crippen molar-refractivity contribution in [1.82, 2.24) is 24.8 Å². The van der Waals surface area contributed by atoms with Crippen molar-refractivity contribution in [3.05, 3.63) is 36.7 Å². The number of aromatic nitrogens is 4. The molecule has 9 heteroatoms. The van der Waals surface area contributed by atoms with Crippen molar-refractivity contribution in [3.8, 4) is 17.2 Å². The van der Waals surface area contributed by atoms with Gasteiger partial charge < -0.3 is 15.5 Å². The summed E-state index contributed by atoms with van der Waals surface area (Å²) < 4.78 is 0. The minimum atomic E-state index is -0.153. The van der Waals surface area contributed by atoms with Gasteiger partial charge in [0.1, 0.15) is 11.6 Å². The van der Waals surface area contributed by atoms with Crippen LogP contribution in [0.1, 0.15) is 38.4 Å². The summed E-state index contributed by atoms with van der Waals surface area (Å²) in [4.78, 5) is 31.3. The Morgan fingerprint density at radius 3 is 2.39 bits per heavy atom. The van der Waals surface area contributed by atoms with Crippen molar-refractivity contribution in [2.45, 2.75) is 38.6 Å². The standard InChI is InChI=1S/C24H28N8O/c1-15(33)30-21-13-26-20-8-17(18-11-27-22(9-25)28-12-18)10-29-23(20)24(21)31-19-6-4-16(5-7-19)14-32(2)3/h8,10-13,16,19H,4-7,14H2,1-3H3,(H,26,31)(H,30,33). The fraction of sp³-hybridized carbons (Fsp3) is 0.417. The first-order valence-corrected chi connectivity index (χ1v) is 11.1. The molecule has 2 N–H and O–H groups in total. The predicted molar refractivity (Wildman–Crippen MR) is 128 cm³/mol. The van der Waals surface area contributed by atoms with Gasteiger partial charge in [-0.15, -0.1) is 0 Å². The van der Waals surface area contributed by atoms with E-state index in [0.717, 1.165) is 42.1 Å². The Morgan fingerprint density at radius 2 is 1.76 bits per heavy atom. The number of carbonyl (C=O) groups is 1. The zero-order valence-electron chi connectivity index (χ0n) is 19.2. The van der Waals surface area contributed by atoms with Gasteiger partial charge in [-0.2, -0.15) is 5.26 Å². The maximum Gasteiger partial charge on any atom is 0.232 e. The van der Waals surface area contributed by atoms with Gasteiger partial charge in [0, 0.05) is 49.2 Å². The van der Waals surface area contributed by atoms with E-state index in [9.17, 15) is 4.79 Å². The third-order valence-electron chi connectivity index (χ3n) is 5.92. The van der Waals surface area contributed by atoms with Crippen LogP contribution in [-0.4, -0.2) is 57.4 Å². The molecule has 0 saturated heterocycles. The predicted octanol–water partition coefficient (Wildman–Crippen LogP) is 3.45. The molecule has 0 radical (unpaired) electrons. The van der Waals surface area contributed by atoms with Crippen molar-refractivity contribution < 1.29 is 4.79 Å².